The highest BCUT2D eigenvalue weighted by atomic mass is 16.5. The lowest BCUT2D eigenvalue weighted by atomic mass is 10.2. The quantitative estimate of drug-likeness (QED) is 0.663. The van der Waals surface area contributed by atoms with Gasteiger partial charge < -0.3 is 19.6 Å². The van der Waals surface area contributed by atoms with Gasteiger partial charge in [0.15, 0.2) is 0 Å². The SMILES string of the molecule is CCC(O)CCNCc1ccc(COC)o1. The zero-order chi connectivity index (χ0) is 11.8. The molecule has 1 aromatic rings. The molecule has 0 aliphatic carbocycles. The number of rotatable bonds is 8. The van der Waals surface area contributed by atoms with Gasteiger partial charge in [-0.1, -0.05) is 6.92 Å². The first kappa shape index (κ1) is 13.2. The second-order valence-electron chi connectivity index (χ2n) is 3.83. The molecule has 1 unspecified atom stereocenters. The Labute approximate surface area is 96.6 Å². The van der Waals surface area contributed by atoms with E-state index in [0.29, 0.717) is 13.2 Å². The molecular weight excluding hydrogens is 206 g/mol. The van der Waals surface area contributed by atoms with Gasteiger partial charge in [-0.2, -0.15) is 0 Å². The number of aliphatic hydroxyl groups excluding tert-OH is 1. The van der Waals surface area contributed by atoms with Crippen molar-refractivity contribution in [1.82, 2.24) is 5.32 Å². The van der Waals surface area contributed by atoms with Crippen LogP contribution in [0.5, 0.6) is 0 Å². The molecule has 4 nitrogen and oxygen atoms in total. The lowest BCUT2D eigenvalue weighted by Gasteiger charge is -2.07. The molecule has 16 heavy (non-hydrogen) atoms. The Balaban J connectivity index is 2.16. The molecule has 1 rings (SSSR count). The third-order valence-corrected chi connectivity index (χ3v) is 2.43. The molecule has 0 saturated heterocycles. The smallest absolute Gasteiger partial charge is 0.129 e. The maximum absolute atomic E-state index is 9.35. The van der Waals surface area contributed by atoms with Crippen molar-refractivity contribution in [3.05, 3.63) is 23.7 Å². The third kappa shape index (κ3) is 4.79. The number of hydrogen-bond donors (Lipinski definition) is 2. The van der Waals surface area contributed by atoms with Crippen molar-refractivity contribution in [1.29, 1.82) is 0 Å². The number of hydrogen-bond acceptors (Lipinski definition) is 4. The summed E-state index contributed by atoms with van der Waals surface area (Å²) < 4.78 is 10.5. The van der Waals surface area contributed by atoms with Crippen LogP contribution in [0.3, 0.4) is 0 Å². The number of methoxy groups -OCH3 is 1. The number of ether oxygens (including phenoxy) is 1. The number of furan rings is 1. The normalized spacial score (nSPS) is 12.9. The Kier molecular flexibility index (Phi) is 6.15. The number of nitrogens with one attached hydrogen (secondary N) is 1. The summed E-state index contributed by atoms with van der Waals surface area (Å²) in [6.07, 6.45) is 1.39. The Hall–Kier alpha value is -0.840. The van der Waals surface area contributed by atoms with E-state index in [0.717, 1.165) is 30.9 Å². The zero-order valence-electron chi connectivity index (χ0n) is 10.0. The van der Waals surface area contributed by atoms with Crippen molar-refractivity contribution in [3.8, 4) is 0 Å². The zero-order valence-corrected chi connectivity index (χ0v) is 10.0. The Morgan fingerprint density at radius 1 is 1.44 bits per heavy atom. The summed E-state index contributed by atoms with van der Waals surface area (Å²) in [5.74, 6) is 1.74. The topological polar surface area (TPSA) is 54.6 Å². The van der Waals surface area contributed by atoms with Gasteiger partial charge >= 0.3 is 0 Å². The lowest BCUT2D eigenvalue weighted by Crippen LogP contribution is -2.19. The van der Waals surface area contributed by atoms with Crippen LogP contribution in [0.4, 0.5) is 0 Å². The lowest BCUT2D eigenvalue weighted by molar-refractivity contribution is 0.158. The molecule has 0 amide bonds. The van der Waals surface area contributed by atoms with E-state index in [1.807, 2.05) is 19.1 Å². The maximum Gasteiger partial charge on any atom is 0.129 e. The molecule has 1 heterocycles. The average molecular weight is 227 g/mol. The Morgan fingerprint density at radius 2 is 2.19 bits per heavy atom. The second-order valence-corrected chi connectivity index (χ2v) is 3.83. The minimum absolute atomic E-state index is 0.201. The van der Waals surface area contributed by atoms with Crippen molar-refractivity contribution < 1.29 is 14.3 Å². The van der Waals surface area contributed by atoms with Crippen molar-refractivity contribution in [2.24, 2.45) is 0 Å². The van der Waals surface area contributed by atoms with E-state index >= 15 is 0 Å². The summed E-state index contributed by atoms with van der Waals surface area (Å²) in [5.41, 5.74) is 0. The summed E-state index contributed by atoms with van der Waals surface area (Å²) in [6.45, 7) is 3.98. The molecular formula is C12H21NO3. The molecule has 0 radical (unpaired) electrons. The molecule has 2 N–H and O–H groups in total. The van der Waals surface area contributed by atoms with Gasteiger partial charge in [0.05, 0.1) is 12.6 Å². The molecule has 0 aliphatic rings. The predicted octanol–water partition coefficient (Wildman–Crippen LogP) is 1.68. The highest BCUT2D eigenvalue weighted by Gasteiger charge is 2.02. The van der Waals surface area contributed by atoms with Crippen LogP contribution in [0.25, 0.3) is 0 Å². The molecule has 0 aliphatic heterocycles. The highest BCUT2D eigenvalue weighted by molar-refractivity contribution is 5.06. The summed E-state index contributed by atoms with van der Waals surface area (Å²) >= 11 is 0. The van der Waals surface area contributed by atoms with E-state index in [1.54, 1.807) is 7.11 Å². The molecule has 1 atom stereocenters. The van der Waals surface area contributed by atoms with Gasteiger partial charge in [0, 0.05) is 7.11 Å². The monoisotopic (exact) mass is 227 g/mol. The first-order valence-electron chi connectivity index (χ1n) is 5.71. The van der Waals surface area contributed by atoms with Crippen LogP contribution in [-0.2, 0) is 17.9 Å². The molecule has 0 saturated carbocycles. The summed E-state index contributed by atoms with van der Waals surface area (Å²) in [6, 6.07) is 3.86. The van der Waals surface area contributed by atoms with Crippen LogP contribution in [0.2, 0.25) is 0 Å². The third-order valence-electron chi connectivity index (χ3n) is 2.43. The molecule has 0 fully saturated rings. The van der Waals surface area contributed by atoms with Gasteiger partial charge in [-0.3, -0.25) is 0 Å². The van der Waals surface area contributed by atoms with E-state index in [4.69, 9.17) is 9.15 Å². The first-order chi connectivity index (χ1) is 7.76. The molecule has 4 heteroatoms. The summed E-state index contributed by atoms with van der Waals surface area (Å²) in [5, 5.41) is 12.6. The fourth-order valence-corrected chi connectivity index (χ4v) is 1.42. The average Bonchev–Trinajstić information content (AvgIpc) is 2.72. The minimum Gasteiger partial charge on any atom is -0.462 e. The molecule has 92 valence electrons. The van der Waals surface area contributed by atoms with Crippen LogP contribution < -0.4 is 5.32 Å². The van der Waals surface area contributed by atoms with Crippen LogP contribution in [0.1, 0.15) is 31.3 Å². The van der Waals surface area contributed by atoms with Crippen molar-refractivity contribution in [3.63, 3.8) is 0 Å². The second kappa shape index (κ2) is 7.44. The van der Waals surface area contributed by atoms with Gasteiger partial charge in [0.25, 0.3) is 0 Å². The molecule has 1 aromatic heterocycles. The highest BCUT2D eigenvalue weighted by Crippen LogP contribution is 2.08. The first-order valence-corrected chi connectivity index (χ1v) is 5.71. The fraction of sp³-hybridized carbons (Fsp3) is 0.667. The van der Waals surface area contributed by atoms with Gasteiger partial charge in [-0.15, -0.1) is 0 Å². The Bertz CT molecular complexity index is 286. The van der Waals surface area contributed by atoms with Crippen LogP contribution >= 0.6 is 0 Å². The summed E-state index contributed by atoms with van der Waals surface area (Å²) in [7, 11) is 1.65. The van der Waals surface area contributed by atoms with Gasteiger partial charge in [0.2, 0.25) is 0 Å². The van der Waals surface area contributed by atoms with Crippen molar-refractivity contribution >= 4 is 0 Å². The Morgan fingerprint density at radius 3 is 2.88 bits per heavy atom. The van der Waals surface area contributed by atoms with E-state index in [-0.39, 0.29) is 6.10 Å². The fourth-order valence-electron chi connectivity index (χ4n) is 1.42. The molecule has 0 spiro atoms. The van der Waals surface area contributed by atoms with Gasteiger partial charge in [-0.05, 0) is 31.5 Å². The van der Waals surface area contributed by atoms with E-state index in [1.165, 1.54) is 0 Å². The minimum atomic E-state index is -0.201. The molecule has 0 aromatic carbocycles. The largest absolute Gasteiger partial charge is 0.462 e. The van der Waals surface area contributed by atoms with Crippen LogP contribution in [0.15, 0.2) is 16.5 Å². The van der Waals surface area contributed by atoms with E-state index in [2.05, 4.69) is 5.32 Å². The van der Waals surface area contributed by atoms with Crippen LogP contribution in [0, 0.1) is 0 Å². The van der Waals surface area contributed by atoms with Gasteiger partial charge in [0.1, 0.15) is 18.1 Å². The predicted molar refractivity (Wildman–Crippen MR) is 62.0 cm³/mol. The standard InChI is InChI=1S/C12H21NO3/c1-3-10(14)6-7-13-8-11-4-5-12(16-11)9-15-2/h4-5,10,13-14H,3,6-9H2,1-2H3. The maximum atomic E-state index is 9.35. The van der Waals surface area contributed by atoms with E-state index < -0.39 is 0 Å². The van der Waals surface area contributed by atoms with Crippen molar-refractivity contribution in [2.75, 3.05) is 13.7 Å². The van der Waals surface area contributed by atoms with Crippen molar-refractivity contribution in [2.45, 2.75) is 39.0 Å². The van der Waals surface area contributed by atoms with Crippen LogP contribution in [-0.4, -0.2) is 24.9 Å². The van der Waals surface area contributed by atoms with Gasteiger partial charge in [-0.25, -0.2) is 0 Å². The number of aliphatic hydroxyl groups is 1. The molecule has 0 bridgehead atoms. The van der Waals surface area contributed by atoms with E-state index in [9.17, 15) is 5.11 Å². The summed E-state index contributed by atoms with van der Waals surface area (Å²) in [4.78, 5) is 0.